The molecular weight excluding hydrogens is 168 g/mol. The largest absolute Gasteiger partial charge is 0.123 e. The Morgan fingerprint density at radius 3 is 2.50 bits per heavy atom. The predicted molar refractivity (Wildman–Crippen MR) is 55.7 cm³/mol. The van der Waals surface area contributed by atoms with E-state index in [9.17, 15) is 0 Å². The summed E-state index contributed by atoms with van der Waals surface area (Å²) in [7, 11) is 0. The highest BCUT2D eigenvalue weighted by Gasteiger charge is 2.28. The average Bonchev–Trinajstić information content (AvgIpc) is 2.86. The molecule has 0 spiro atoms. The minimum Gasteiger partial charge on any atom is -0.123 e. The first kappa shape index (κ1) is 10.4. The van der Waals surface area contributed by atoms with Crippen LogP contribution in [0.3, 0.4) is 0 Å². The molecule has 0 saturated heterocycles. The molecule has 1 aliphatic carbocycles. The van der Waals surface area contributed by atoms with Crippen molar-refractivity contribution in [3.8, 4) is 0 Å². The standard InChI is InChI=1S/C11H21Cl/c1-3-9(2)5-4-6-11(12)10-7-8-10/h9-11H,3-8H2,1-2H3. The molecule has 12 heavy (non-hydrogen) atoms. The van der Waals surface area contributed by atoms with Crippen molar-refractivity contribution in [3.05, 3.63) is 0 Å². The topological polar surface area (TPSA) is 0 Å². The van der Waals surface area contributed by atoms with Gasteiger partial charge < -0.3 is 0 Å². The third-order valence-electron chi connectivity index (χ3n) is 3.01. The van der Waals surface area contributed by atoms with Crippen LogP contribution in [0.1, 0.15) is 52.4 Å². The van der Waals surface area contributed by atoms with Gasteiger partial charge in [0.2, 0.25) is 0 Å². The third kappa shape index (κ3) is 3.80. The summed E-state index contributed by atoms with van der Waals surface area (Å²) < 4.78 is 0. The fraction of sp³-hybridized carbons (Fsp3) is 1.00. The maximum absolute atomic E-state index is 6.20. The van der Waals surface area contributed by atoms with Crippen LogP contribution in [0.15, 0.2) is 0 Å². The number of halogens is 1. The van der Waals surface area contributed by atoms with Crippen molar-refractivity contribution < 1.29 is 0 Å². The Hall–Kier alpha value is 0.290. The second kappa shape index (κ2) is 5.11. The van der Waals surface area contributed by atoms with Gasteiger partial charge in [-0.05, 0) is 31.1 Å². The van der Waals surface area contributed by atoms with Crippen LogP contribution in [-0.2, 0) is 0 Å². The van der Waals surface area contributed by atoms with Crippen molar-refractivity contribution in [2.75, 3.05) is 0 Å². The van der Waals surface area contributed by atoms with Crippen molar-refractivity contribution in [3.63, 3.8) is 0 Å². The number of alkyl halides is 1. The summed E-state index contributed by atoms with van der Waals surface area (Å²) in [6.45, 7) is 4.60. The first-order valence-corrected chi connectivity index (χ1v) is 5.81. The highest BCUT2D eigenvalue weighted by Crippen LogP contribution is 2.38. The van der Waals surface area contributed by atoms with Gasteiger partial charge in [0.25, 0.3) is 0 Å². The van der Waals surface area contributed by atoms with Gasteiger partial charge in [-0.15, -0.1) is 11.6 Å². The molecule has 1 saturated carbocycles. The van der Waals surface area contributed by atoms with Crippen molar-refractivity contribution in [2.24, 2.45) is 11.8 Å². The molecule has 0 heterocycles. The van der Waals surface area contributed by atoms with E-state index in [0.29, 0.717) is 5.38 Å². The molecule has 0 radical (unpaired) electrons. The Morgan fingerprint density at radius 1 is 1.33 bits per heavy atom. The van der Waals surface area contributed by atoms with E-state index >= 15 is 0 Å². The molecule has 0 nitrogen and oxygen atoms in total. The Balaban J connectivity index is 1.93. The molecule has 0 bridgehead atoms. The lowest BCUT2D eigenvalue weighted by Gasteiger charge is -2.10. The molecule has 0 amide bonds. The van der Waals surface area contributed by atoms with Crippen LogP contribution >= 0.6 is 11.6 Å². The molecule has 1 aliphatic rings. The van der Waals surface area contributed by atoms with E-state index in [0.717, 1.165) is 11.8 Å². The second-order valence-corrected chi connectivity index (χ2v) is 4.86. The monoisotopic (exact) mass is 188 g/mol. The van der Waals surface area contributed by atoms with E-state index in [-0.39, 0.29) is 0 Å². The molecule has 2 unspecified atom stereocenters. The van der Waals surface area contributed by atoms with Crippen LogP contribution in [0.5, 0.6) is 0 Å². The molecule has 0 aliphatic heterocycles. The van der Waals surface area contributed by atoms with Crippen LogP contribution in [0.25, 0.3) is 0 Å². The van der Waals surface area contributed by atoms with E-state index in [4.69, 9.17) is 11.6 Å². The molecule has 1 heteroatoms. The van der Waals surface area contributed by atoms with Gasteiger partial charge in [-0.3, -0.25) is 0 Å². The van der Waals surface area contributed by atoms with Gasteiger partial charge in [0.1, 0.15) is 0 Å². The zero-order valence-corrected chi connectivity index (χ0v) is 9.11. The van der Waals surface area contributed by atoms with Gasteiger partial charge in [0, 0.05) is 5.38 Å². The second-order valence-electron chi connectivity index (χ2n) is 4.30. The minimum absolute atomic E-state index is 0.494. The van der Waals surface area contributed by atoms with Crippen LogP contribution in [0.2, 0.25) is 0 Å². The molecule has 1 rings (SSSR count). The van der Waals surface area contributed by atoms with Gasteiger partial charge in [0.15, 0.2) is 0 Å². The Bertz CT molecular complexity index is 118. The summed E-state index contributed by atoms with van der Waals surface area (Å²) in [6, 6.07) is 0. The fourth-order valence-electron chi connectivity index (χ4n) is 1.56. The summed E-state index contributed by atoms with van der Waals surface area (Å²) >= 11 is 6.20. The molecule has 2 atom stereocenters. The highest BCUT2D eigenvalue weighted by atomic mass is 35.5. The maximum Gasteiger partial charge on any atom is 0.0364 e. The first-order chi connectivity index (χ1) is 5.74. The van der Waals surface area contributed by atoms with Crippen LogP contribution < -0.4 is 0 Å². The first-order valence-electron chi connectivity index (χ1n) is 5.38. The van der Waals surface area contributed by atoms with Crippen molar-refractivity contribution in [1.82, 2.24) is 0 Å². The highest BCUT2D eigenvalue weighted by molar-refractivity contribution is 6.20. The molecule has 0 aromatic heterocycles. The van der Waals surface area contributed by atoms with E-state index in [1.54, 1.807) is 0 Å². The van der Waals surface area contributed by atoms with Gasteiger partial charge in [-0.25, -0.2) is 0 Å². The Labute approximate surface area is 81.7 Å². The minimum atomic E-state index is 0.494. The van der Waals surface area contributed by atoms with E-state index in [1.807, 2.05) is 0 Å². The van der Waals surface area contributed by atoms with Crippen molar-refractivity contribution in [2.45, 2.75) is 57.7 Å². The third-order valence-corrected chi connectivity index (χ3v) is 3.58. The molecule has 1 fully saturated rings. The SMILES string of the molecule is CCC(C)CCCC(Cl)C1CC1. The predicted octanol–water partition coefficient (Wildman–Crippen LogP) is 4.22. The Kier molecular flexibility index (Phi) is 4.42. The van der Waals surface area contributed by atoms with Crippen LogP contribution in [-0.4, -0.2) is 5.38 Å². The van der Waals surface area contributed by atoms with Gasteiger partial charge >= 0.3 is 0 Å². The molecule has 0 aromatic rings. The van der Waals surface area contributed by atoms with Crippen LogP contribution in [0.4, 0.5) is 0 Å². The van der Waals surface area contributed by atoms with Gasteiger partial charge in [-0.1, -0.05) is 33.1 Å². The van der Waals surface area contributed by atoms with E-state index in [2.05, 4.69) is 13.8 Å². The number of rotatable bonds is 6. The summed E-state index contributed by atoms with van der Waals surface area (Å²) in [5.74, 6) is 1.77. The maximum atomic E-state index is 6.20. The molecule has 0 aromatic carbocycles. The summed E-state index contributed by atoms with van der Waals surface area (Å²) in [5.41, 5.74) is 0. The lowest BCUT2D eigenvalue weighted by molar-refractivity contribution is 0.474. The lowest BCUT2D eigenvalue weighted by Crippen LogP contribution is -2.02. The van der Waals surface area contributed by atoms with Crippen molar-refractivity contribution >= 4 is 11.6 Å². The fourth-order valence-corrected chi connectivity index (χ4v) is 1.97. The summed E-state index contributed by atoms with van der Waals surface area (Å²) in [4.78, 5) is 0. The lowest BCUT2D eigenvalue weighted by atomic mass is 10.00. The molecule has 72 valence electrons. The summed E-state index contributed by atoms with van der Waals surface area (Å²) in [5, 5.41) is 0.494. The van der Waals surface area contributed by atoms with E-state index < -0.39 is 0 Å². The summed E-state index contributed by atoms with van der Waals surface area (Å²) in [6.07, 6.45) is 8.04. The molecule has 0 N–H and O–H groups in total. The smallest absolute Gasteiger partial charge is 0.0364 e. The number of hydrogen-bond donors (Lipinski definition) is 0. The normalized spacial score (nSPS) is 22.2. The van der Waals surface area contributed by atoms with E-state index in [1.165, 1.54) is 38.5 Å². The van der Waals surface area contributed by atoms with Gasteiger partial charge in [0.05, 0.1) is 0 Å². The van der Waals surface area contributed by atoms with Crippen molar-refractivity contribution in [1.29, 1.82) is 0 Å². The van der Waals surface area contributed by atoms with Gasteiger partial charge in [-0.2, -0.15) is 0 Å². The molecular formula is C11H21Cl. The zero-order valence-electron chi connectivity index (χ0n) is 8.35. The average molecular weight is 189 g/mol. The zero-order chi connectivity index (χ0) is 8.97. The number of hydrogen-bond acceptors (Lipinski definition) is 0. The Morgan fingerprint density at radius 2 is 2.00 bits per heavy atom. The van der Waals surface area contributed by atoms with Crippen LogP contribution in [0, 0.1) is 11.8 Å². The quantitative estimate of drug-likeness (QED) is 0.548.